The zero-order chi connectivity index (χ0) is 18.7. The molecule has 27 heavy (non-hydrogen) atoms. The molecule has 1 saturated carbocycles. The SMILES string of the molecule is O=C(N/N=C\c1ccc(Br)cc1)[C@@H]1CC1(c1ccccc1)c1ccccc1. The summed E-state index contributed by atoms with van der Waals surface area (Å²) < 4.78 is 1.01. The molecule has 134 valence electrons. The number of hydrogen-bond acceptors (Lipinski definition) is 2. The molecule has 1 fully saturated rings. The van der Waals surface area contributed by atoms with Crippen molar-refractivity contribution < 1.29 is 4.79 Å². The molecule has 4 rings (SSSR count). The summed E-state index contributed by atoms with van der Waals surface area (Å²) in [5, 5.41) is 4.15. The van der Waals surface area contributed by atoms with Gasteiger partial charge in [0.25, 0.3) is 0 Å². The molecule has 0 spiro atoms. The lowest BCUT2D eigenvalue weighted by molar-refractivity contribution is -0.122. The van der Waals surface area contributed by atoms with E-state index in [1.807, 2.05) is 60.7 Å². The second-order valence-electron chi connectivity index (χ2n) is 6.75. The Bertz CT molecular complexity index is 913. The summed E-state index contributed by atoms with van der Waals surface area (Å²) >= 11 is 3.41. The smallest absolute Gasteiger partial charge is 0.244 e. The van der Waals surface area contributed by atoms with E-state index >= 15 is 0 Å². The van der Waals surface area contributed by atoms with Gasteiger partial charge in [-0.2, -0.15) is 5.10 Å². The minimum atomic E-state index is -0.264. The fraction of sp³-hybridized carbons (Fsp3) is 0.130. The van der Waals surface area contributed by atoms with Gasteiger partial charge in [-0.3, -0.25) is 4.79 Å². The minimum Gasteiger partial charge on any atom is -0.273 e. The van der Waals surface area contributed by atoms with Gasteiger partial charge in [-0.25, -0.2) is 5.43 Å². The molecule has 1 aliphatic rings. The van der Waals surface area contributed by atoms with Crippen molar-refractivity contribution in [1.29, 1.82) is 0 Å². The first-order chi connectivity index (χ1) is 13.2. The second kappa shape index (κ2) is 7.49. The molecule has 3 aromatic rings. The van der Waals surface area contributed by atoms with E-state index in [2.05, 4.69) is 50.7 Å². The fourth-order valence-electron chi connectivity index (χ4n) is 3.65. The molecule has 0 bridgehead atoms. The Morgan fingerprint density at radius 2 is 1.48 bits per heavy atom. The highest BCUT2D eigenvalue weighted by Gasteiger charge is 2.60. The van der Waals surface area contributed by atoms with Crippen LogP contribution in [0.5, 0.6) is 0 Å². The maximum absolute atomic E-state index is 12.8. The van der Waals surface area contributed by atoms with Crippen LogP contribution in [-0.2, 0) is 10.2 Å². The van der Waals surface area contributed by atoms with E-state index in [9.17, 15) is 4.79 Å². The summed E-state index contributed by atoms with van der Waals surface area (Å²) in [6.45, 7) is 0. The lowest BCUT2D eigenvalue weighted by atomic mass is 9.85. The van der Waals surface area contributed by atoms with Gasteiger partial charge in [0.2, 0.25) is 5.91 Å². The third kappa shape index (κ3) is 3.58. The second-order valence-corrected chi connectivity index (χ2v) is 7.66. The standard InChI is InChI=1S/C23H19BrN2O/c24-20-13-11-17(12-14-20)16-25-26-22(27)21-15-23(21,18-7-3-1-4-8-18)19-9-5-2-6-10-19/h1-14,16,21H,15H2,(H,26,27)/b25-16-/t21-/m0/s1. The van der Waals surface area contributed by atoms with Gasteiger partial charge in [-0.05, 0) is 35.2 Å². The molecule has 0 aliphatic heterocycles. The Hall–Kier alpha value is -2.72. The van der Waals surface area contributed by atoms with Crippen molar-refractivity contribution in [3.63, 3.8) is 0 Å². The number of hydrogen-bond donors (Lipinski definition) is 1. The molecular weight excluding hydrogens is 400 g/mol. The van der Waals surface area contributed by atoms with Crippen molar-refractivity contribution in [2.45, 2.75) is 11.8 Å². The highest BCUT2D eigenvalue weighted by Crippen LogP contribution is 2.58. The number of amides is 1. The first-order valence-corrected chi connectivity index (χ1v) is 9.69. The van der Waals surface area contributed by atoms with Crippen molar-refractivity contribution in [1.82, 2.24) is 5.43 Å². The normalized spacial score (nSPS) is 17.6. The predicted molar refractivity (Wildman–Crippen MR) is 112 cm³/mol. The Kier molecular flexibility index (Phi) is 4.90. The Morgan fingerprint density at radius 1 is 0.926 bits per heavy atom. The van der Waals surface area contributed by atoms with Crippen LogP contribution in [0.3, 0.4) is 0 Å². The van der Waals surface area contributed by atoms with Crippen LogP contribution in [0.15, 0.2) is 94.5 Å². The van der Waals surface area contributed by atoms with E-state index in [0.29, 0.717) is 0 Å². The van der Waals surface area contributed by atoms with Crippen LogP contribution in [0.25, 0.3) is 0 Å². The average molecular weight is 419 g/mol. The van der Waals surface area contributed by atoms with Crippen LogP contribution in [0.1, 0.15) is 23.1 Å². The molecule has 1 aliphatic carbocycles. The number of carbonyl (C=O) groups is 1. The van der Waals surface area contributed by atoms with E-state index in [1.165, 1.54) is 11.1 Å². The van der Waals surface area contributed by atoms with Crippen molar-refractivity contribution in [3.05, 3.63) is 106 Å². The molecule has 0 radical (unpaired) electrons. The van der Waals surface area contributed by atoms with Gasteiger partial charge in [-0.15, -0.1) is 0 Å². The number of benzene rings is 3. The van der Waals surface area contributed by atoms with Crippen LogP contribution in [0, 0.1) is 5.92 Å². The zero-order valence-electron chi connectivity index (χ0n) is 14.7. The first-order valence-electron chi connectivity index (χ1n) is 8.90. The lowest BCUT2D eigenvalue weighted by Gasteiger charge is -2.18. The molecule has 0 aromatic heterocycles. The van der Waals surface area contributed by atoms with Crippen LogP contribution in [0.4, 0.5) is 0 Å². The van der Waals surface area contributed by atoms with Gasteiger partial charge >= 0.3 is 0 Å². The maximum Gasteiger partial charge on any atom is 0.244 e. The van der Waals surface area contributed by atoms with Gasteiger partial charge in [0, 0.05) is 9.89 Å². The van der Waals surface area contributed by atoms with E-state index in [1.54, 1.807) is 6.21 Å². The quantitative estimate of drug-likeness (QED) is 0.464. The topological polar surface area (TPSA) is 41.5 Å². The zero-order valence-corrected chi connectivity index (χ0v) is 16.3. The molecule has 0 saturated heterocycles. The number of carbonyl (C=O) groups excluding carboxylic acids is 1. The minimum absolute atomic E-state index is 0.0453. The van der Waals surface area contributed by atoms with Crippen molar-refractivity contribution >= 4 is 28.1 Å². The fourth-order valence-corrected chi connectivity index (χ4v) is 3.92. The molecule has 1 amide bonds. The third-order valence-corrected chi connectivity index (χ3v) is 5.64. The van der Waals surface area contributed by atoms with E-state index < -0.39 is 0 Å². The molecule has 3 aromatic carbocycles. The van der Waals surface area contributed by atoms with E-state index in [0.717, 1.165) is 16.5 Å². The predicted octanol–water partition coefficient (Wildman–Crippen LogP) is 4.91. The first kappa shape index (κ1) is 17.7. The van der Waals surface area contributed by atoms with Gasteiger partial charge in [-0.1, -0.05) is 88.7 Å². The molecule has 1 atom stereocenters. The van der Waals surface area contributed by atoms with Gasteiger partial charge in [0.05, 0.1) is 12.1 Å². The largest absolute Gasteiger partial charge is 0.273 e. The van der Waals surface area contributed by atoms with Crippen LogP contribution in [0.2, 0.25) is 0 Å². The molecule has 1 N–H and O–H groups in total. The molecule has 0 unspecified atom stereocenters. The van der Waals surface area contributed by atoms with Gasteiger partial charge < -0.3 is 0 Å². The summed E-state index contributed by atoms with van der Waals surface area (Å²) in [6, 6.07) is 28.3. The number of nitrogens with zero attached hydrogens (tertiary/aromatic N) is 1. The summed E-state index contributed by atoms with van der Waals surface area (Å²) in [6.07, 6.45) is 2.46. The van der Waals surface area contributed by atoms with Crippen molar-refractivity contribution in [2.24, 2.45) is 11.0 Å². The molecule has 4 heteroatoms. The maximum atomic E-state index is 12.8. The molecule has 3 nitrogen and oxygen atoms in total. The summed E-state index contributed by atoms with van der Waals surface area (Å²) in [5.41, 5.74) is 5.74. The van der Waals surface area contributed by atoms with E-state index in [-0.39, 0.29) is 17.2 Å². The van der Waals surface area contributed by atoms with E-state index in [4.69, 9.17) is 0 Å². The number of rotatable bonds is 5. The number of nitrogens with one attached hydrogen (secondary N) is 1. The highest BCUT2D eigenvalue weighted by atomic mass is 79.9. The lowest BCUT2D eigenvalue weighted by Crippen LogP contribution is -2.25. The Balaban J connectivity index is 1.53. The van der Waals surface area contributed by atoms with Crippen LogP contribution < -0.4 is 5.43 Å². The third-order valence-electron chi connectivity index (χ3n) is 5.11. The molecule has 0 heterocycles. The highest BCUT2D eigenvalue weighted by molar-refractivity contribution is 9.10. The number of hydrazone groups is 1. The van der Waals surface area contributed by atoms with Crippen molar-refractivity contribution in [2.75, 3.05) is 0 Å². The summed E-state index contributed by atoms with van der Waals surface area (Å²) in [5.74, 6) is -0.166. The van der Waals surface area contributed by atoms with Gasteiger partial charge in [0.1, 0.15) is 0 Å². The van der Waals surface area contributed by atoms with Crippen molar-refractivity contribution in [3.8, 4) is 0 Å². The summed E-state index contributed by atoms with van der Waals surface area (Å²) in [4.78, 5) is 12.8. The average Bonchev–Trinajstić information content (AvgIpc) is 3.48. The monoisotopic (exact) mass is 418 g/mol. The molecular formula is C23H19BrN2O. The number of halogens is 1. The summed E-state index contributed by atoms with van der Waals surface area (Å²) in [7, 11) is 0. The van der Waals surface area contributed by atoms with Gasteiger partial charge in [0.15, 0.2) is 0 Å². The van der Waals surface area contributed by atoms with Crippen LogP contribution >= 0.6 is 15.9 Å². The Morgan fingerprint density at radius 3 is 2.04 bits per heavy atom. The van der Waals surface area contributed by atoms with Crippen LogP contribution in [-0.4, -0.2) is 12.1 Å². The Labute approximate surface area is 167 Å².